The van der Waals surface area contributed by atoms with E-state index in [-0.39, 0.29) is 0 Å². The lowest BCUT2D eigenvalue weighted by Gasteiger charge is -2.24. The molecule has 17 heavy (non-hydrogen) atoms. The van der Waals surface area contributed by atoms with Crippen molar-refractivity contribution in [1.82, 2.24) is 10.2 Å². The molecule has 92 valence electrons. The number of amides is 1. The van der Waals surface area contributed by atoms with E-state index in [1.165, 1.54) is 12.8 Å². The minimum absolute atomic E-state index is 0.291. The van der Waals surface area contributed by atoms with Crippen LogP contribution in [0.15, 0.2) is 16.8 Å². The summed E-state index contributed by atoms with van der Waals surface area (Å²) >= 11 is 1.66. The number of hydrogen-bond acceptors (Lipinski definition) is 3. The molecule has 0 aliphatic carbocycles. The number of nitrogens with zero attached hydrogens (tertiary/aromatic N) is 1. The normalized spacial score (nSPS) is 28.1. The lowest BCUT2D eigenvalue weighted by Crippen LogP contribution is -2.41. The third kappa shape index (κ3) is 2.38. The Hall–Kier alpha value is -0.870. The molecule has 1 aromatic heterocycles. The van der Waals surface area contributed by atoms with Crippen molar-refractivity contribution in [2.24, 2.45) is 5.92 Å². The van der Waals surface area contributed by atoms with Crippen molar-refractivity contribution in [3.8, 4) is 0 Å². The summed E-state index contributed by atoms with van der Waals surface area (Å²) in [5.74, 6) is 0.981. The first-order valence-corrected chi connectivity index (χ1v) is 7.29. The molecule has 0 radical (unpaired) electrons. The Morgan fingerprint density at radius 2 is 2.47 bits per heavy atom. The molecule has 1 N–H and O–H groups in total. The van der Waals surface area contributed by atoms with Gasteiger partial charge in [-0.2, -0.15) is 11.3 Å². The van der Waals surface area contributed by atoms with E-state index in [0.717, 1.165) is 25.2 Å². The molecular formula is C13H18N2OS. The second-order valence-electron chi connectivity index (χ2n) is 5.07. The van der Waals surface area contributed by atoms with E-state index in [1.807, 2.05) is 16.3 Å². The first-order chi connectivity index (χ1) is 8.33. The molecule has 0 aromatic carbocycles. The summed E-state index contributed by atoms with van der Waals surface area (Å²) in [5.41, 5.74) is 1.16. The van der Waals surface area contributed by atoms with Crippen molar-refractivity contribution in [2.75, 3.05) is 19.6 Å². The molecule has 3 nitrogen and oxygen atoms in total. The molecule has 1 amide bonds. The van der Waals surface area contributed by atoms with E-state index in [9.17, 15) is 4.79 Å². The maximum absolute atomic E-state index is 12.2. The minimum atomic E-state index is 0.291. The molecule has 2 fully saturated rings. The highest BCUT2D eigenvalue weighted by molar-refractivity contribution is 7.07. The molecular weight excluding hydrogens is 232 g/mol. The second-order valence-corrected chi connectivity index (χ2v) is 5.85. The van der Waals surface area contributed by atoms with Gasteiger partial charge in [-0.15, -0.1) is 0 Å². The van der Waals surface area contributed by atoms with Crippen LogP contribution in [0, 0.1) is 5.92 Å². The highest BCUT2D eigenvalue weighted by Crippen LogP contribution is 2.25. The Morgan fingerprint density at radius 1 is 1.53 bits per heavy atom. The Bertz CT molecular complexity index is 376. The molecule has 0 bridgehead atoms. The Labute approximate surface area is 106 Å². The fraction of sp³-hybridized carbons (Fsp3) is 0.615. The average molecular weight is 250 g/mol. The van der Waals surface area contributed by atoms with Crippen LogP contribution < -0.4 is 5.32 Å². The van der Waals surface area contributed by atoms with E-state index in [1.54, 1.807) is 11.3 Å². The number of carbonyl (C=O) groups is 1. The molecule has 0 spiro atoms. The summed E-state index contributed by atoms with van der Waals surface area (Å²) in [6.45, 7) is 2.99. The van der Waals surface area contributed by atoms with Gasteiger partial charge in [0.05, 0.1) is 6.42 Å². The van der Waals surface area contributed by atoms with Gasteiger partial charge in [-0.1, -0.05) is 0 Å². The smallest absolute Gasteiger partial charge is 0.227 e. The number of hydrogen-bond donors (Lipinski definition) is 1. The zero-order chi connectivity index (χ0) is 11.7. The van der Waals surface area contributed by atoms with Gasteiger partial charge in [0.1, 0.15) is 0 Å². The Kier molecular flexibility index (Phi) is 3.16. The van der Waals surface area contributed by atoms with Crippen LogP contribution in [0.25, 0.3) is 0 Å². The summed E-state index contributed by atoms with van der Waals surface area (Å²) < 4.78 is 0. The summed E-state index contributed by atoms with van der Waals surface area (Å²) in [5, 5.41) is 7.64. The van der Waals surface area contributed by atoms with Crippen molar-refractivity contribution < 1.29 is 4.79 Å². The second kappa shape index (κ2) is 4.78. The van der Waals surface area contributed by atoms with Gasteiger partial charge in [0.2, 0.25) is 5.91 Å². The van der Waals surface area contributed by atoms with Crippen LogP contribution in [-0.4, -0.2) is 36.5 Å². The van der Waals surface area contributed by atoms with Gasteiger partial charge in [-0.3, -0.25) is 4.79 Å². The molecule has 3 heterocycles. The van der Waals surface area contributed by atoms with Gasteiger partial charge in [0.15, 0.2) is 0 Å². The van der Waals surface area contributed by atoms with Crippen LogP contribution in [0.4, 0.5) is 0 Å². The SMILES string of the molecule is O=C(Cc1ccsc1)N1CC2CCCNC2C1. The number of nitrogens with one attached hydrogen (secondary N) is 1. The maximum Gasteiger partial charge on any atom is 0.227 e. The molecule has 0 saturated carbocycles. The third-order valence-corrected chi connectivity index (χ3v) is 4.62. The first-order valence-electron chi connectivity index (χ1n) is 6.35. The molecule has 4 heteroatoms. The van der Waals surface area contributed by atoms with Gasteiger partial charge in [-0.05, 0) is 47.7 Å². The van der Waals surface area contributed by atoms with Crippen molar-refractivity contribution >= 4 is 17.2 Å². The minimum Gasteiger partial charge on any atom is -0.341 e. The summed E-state index contributed by atoms with van der Waals surface area (Å²) in [4.78, 5) is 14.2. The van der Waals surface area contributed by atoms with Crippen molar-refractivity contribution in [2.45, 2.75) is 25.3 Å². The summed E-state index contributed by atoms with van der Waals surface area (Å²) in [6, 6.07) is 2.60. The van der Waals surface area contributed by atoms with Gasteiger partial charge in [0.25, 0.3) is 0 Å². The maximum atomic E-state index is 12.2. The third-order valence-electron chi connectivity index (χ3n) is 3.89. The Balaban J connectivity index is 1.60. The van der Waals surface area contributed by atoms with Crippen LogP contribution in [0.5, 0.6) is 0 Å². The molecule has 1 aromatic rings. The van der Waals surface area contributed by atoms with E-state index in [4.69, 9.17) is 0 Å². The van der Waals surface area contributed by atoms with Crippen LogP contribution in [-0.2, 0) is 11.2 Å². The van der Waals surface area contributed by atoms with Crippen LogP contribution >= 0.6 is 11.3 Å². The monoisotopic (exact) mass is 250 g/mol. The van der Waals surface area contributed by atoms with Crippen molar-refractivity contribution in [3.05, 3.63) is 22.4 Å². The van der Waals surface area contributed by atoms with E-state index in [2.05, 4.69) is 10.7 Å². The largest absolute Gasteiger partial charge is 0.341 e. The highest BCUT2D eigenvalue weighted by atomic mass is 32.1. The predicted molar refractivity (Wildman–Crippen MR) is 69.1 cm³/mol. The molecule has 2 aliphatic rings. The molecule has 2 atom stereocenters. The average Bonchev–Trinajstić information content (AvgIpc) is 2.96. The number of likely N-dealkylation sites (tertiary alicyclic amines) is 1. The molecule has 2 aliphatic heterocycles. The standard InChI is InChI=1S/C13H18N2OS/c16-13(6-10-3-5-17-9-10)15-7-11-2-1-4-14-12(11)8-15/h3,5,9,11-12,14H,1-2,4,6-8H2. The number of fused-ring (bicyclic) bond motifs is 1. The van der Waals surface area contributed by atoms with Gasteiger partial charge >= 0.3 is 0 Å². The Morgan fingerprint density at radius 3 is 3.24 bits per heavy atom. The summed E-state index contributed by atoms with van der Waals surface area (Å²) in [7, 11) is 0. The van der Waals surface area contributed by atoms with E-state index >= 15 is 0 Å². The highest BCUT2D eigenvalue weighted by Gasteiger charge is 2.36. The fourth-order valence-electron chi connectivity index (χ4n) is 2.93. The van der Waals surface area contributed by atoms with Crippen molar-refractivity contribution in [1.29, 1.82) is 0 Å². The van der Waals surface area contributed by atoms with Crippen LogP contribution in [0.2, 0.25) is 0 Å². The summed E-state index contributed by atoms with van der Waals surface area (Å²) in [6.07, 6.45) is 3.11. The van der Waals surface area contributed by atoms with Crippen LogP contribution in [0.3, 0.4) is 0 Å². The number of piperidine rings is 1. The van der Waals surface area contributed by atoms with Gasteiger partial charge in [-0.25, -0.2) is 0 Å². The lowest BCUT2D eigenvalue weighted by atomic mass is 9.94. The quantitative estimate of drug-likeness (QED) is 0.863. The number of rotatable bonds is 2. The molecule has 3 rings (SSSR count). The van der Waals surface area contributed by atoms with Gasteiger partial charge in [0, 0.05) is 19.1 Å². The van der Waals surface area contributed by atoms with E-state index in [0.29, 0.717) is 24.3 Å². The zero-order valence-corrected chi connectivity index (χ0v) is 10.7. The predicted octanol–water partition coefficient (Wildman–Crippen LogP) is 1.50. The number of carbonyl (C=O) groups excluding carboxylic acids is 1. The first kappa shape index (κ1) is 11.2. The van der Waals surface area contributed by atoms with E-state index < -0.39 is 0 Å². The lowest BCUT2D eigenvalue weighted by molar-refractivity contribution is -0.129. The van der Waals surface area contributed by atoms with Gasteiger partial charge < -0.3 is 10.2 Å². The van der Waals surface area contributed by atoms with Crippen molar-refractivity contribution in [3.63, 3.8) is 0 Å². The zero-order valence-electron chi connectivity index (χ0n) is 9.89. The molecule has 2 unspecified atom stereocenters. The van der Waals surface area contributed by atoms with Crippen LogP contribution in [0.1, 0.15) is 18.4 Å². The molecule has 2 saturated heterocycles. The fourth-order valence-corrected chi connectivity index (χ4v) is 3.60. The topological polar surface area (TPSA) is 32.3 Å². The number of thiophene rings is 1.